The summed E-state index contributed by atoms with van der Waals surface area (Å²) in [5.74, 6) is -0.611. The molecule has 0 saturated carbocycles. The fraction of sp³-hybridized carbons (Fsp3) is 0.737. The monoisotopic (exact) mass is 789 g/mol. The maximum Gasteiger partial charge on any atom is 0.472 e. The van der Waals surface area contributed by atoms with Crippen LogP contribution in [0.2, 0.25) is 0 Å². The van der Waals surface area contributed by atoms with Crippen molar-refractivity contribution in [1.82, 2.24) is 9.55 Å². The maximum absolute atomic E-state index is 15.2. The molecule has 1 saturated heterocycles. The van der Waals surface area contributed by atoms with E-state index < -0.39 is 56.2 Å². The maximum atomic E-state index is 15.2. The molecule has 1 unspecified atom stereocenters. The van der Waals surface area contributed by atoms with E-state index in [2.05, 4.69) is 11.9 Å². The number of ether oxygens (including phenoxy) is 3. The van der Waals surface area contributed by atoms with Gasteiger partial charge >= 0.3 is 13.5 Å². The summed E-state index contributed by atoms with van der Waals surface area (Å²) in [4.78, 5) is 26.3. The number of halogens is 2. The third kappa shape index (κ3) is 16.8. The molecule has 1 aromatic heterocycles. The van der Waals surface area contributed by atoms with E-state index >= 15 is 4.39 Å². The summed E-state index contributed by atoms with van der Waals surface area (Å²) in [6.07, 6.45) is 15.3. The molecule has 12 nitrogen and oxygen atoms in total. The zero-order valence-electron chi connectivity index (χ0n) is 31.3. The van der Waals surface area contributed by atoms with Crippen molar-refractivity contribution < 1.29 is 42.2 Å². The quantitative estimate of drug-likeness (QED) is 0.0399. The van der Waals surface area contributed by atoms with E-state index in [1.807, 2.05) is 30.3 Å². The Labute approximate surface area is 319 Å². The number of hydrogen-bond acceptors (Lipinski definition) is 10. The van der Waals surface area contributed by atoms with Gasteiger partial charge in [0, 0.05) is 12.8 Å². The number of anilines is 1. The van der Waals surface area contributed by atoms with Gasteiger partial charge in [-0.1, -0.05) is 134 Å². The molecule has 0 aliphatic carbocycles. The molecule has 3 rings (SSSR count). The first-order chi connectivity index (χ1) is 25.6. The Morgan fingerprint density at radius 3 is 2.09 bits per heavy atom. The Morgan fingerprint density at radius 2 is 1.53 bits per heavy atom. The van der Waals surface area contributed by atoms with Gasteiger partial charge in [0.2, 0.25) is 0 Å². The minimum absolute atomic E-state index is 0.0813. The lowest BCUT2D eigenvalue weighted by Gasteiger charge is -2.30. The van der Waals surface area contributed by atoms with Crippen molar-refractivity contribution in [3.8, 4) is 0 Å². The van der Waals surface area contributed by atoms with E-state index in [1.165, 1.54) is 89.5 Å². The Bertz CT molecular complexity index is 1380. The van der Waals surface area contributed by atoms with Gasteiger partial charge in [-0.3, -0.25) is 13.6 Å². The lowest BCUT2D eigenvalue weighted by Crippen LogP contribution is -2.47. The van der Waals surface area contributed by atoms with Crippen molar-refractivity contribution in [1.29, 1.82) is 0 Å². The Hall–Kier alpha value is -1.93. The molecule has 302 valence electrons. The van der Waals surface area contributed by atoms with Gasteiger partial charge in [-0.25, -0.2) is 13.8 Å². The Balaban J connectivity index is 1.36. The van der Waals surface area contributed by atoms with Gasteiger partial charge in [-0.2, -0.15) is 4.98 Å². The summed E-state index contributed by atoms with van der Waals surface area (Å²) in [6, 6.07) is 10.7. The number of aliphatic hydroxyl groups is 1. The van der Waals surface area contributed by atoms with Crippen molar-refractivity contribution in [2.45, 2.75) is 146 Å². The summed E-state index contributed by atoms with van der Waals surface area (Å²) in [5, 5.41) is 10.7. The zero-order chi connectivity index (χ0) is 38.4. The third-order valence-electron chi connectivity index (χ3n) is 9.49. The highest BCUT2D eigenvalue weighted by Gasteiger charge is 2.57. The third-order valence-corrected chi connectivity index (χ3v) is 10.9. The number of unbranched alkanes of at least 4 members (excludes halogenated alkanes) is 15. The second-order valence-corrected chi connectivity index (χ2v) is 15.7. The molecule has 4 N–H and O–H groups in total. The highest BCUT2D eigenvalue weighted by molar-refractivity contribution is 7.47. The van der Waals surface area contributed by atoms with Crippen LogP contribution >= 0.6 is 19.4 Å². The zero-order valence-corrected chi connectivity index (χ0v) is 33.0. The average Bonchev–Trinajstić information content (AvgIpc) is 3.40. The fourth-order valence-electron chi connectivity index (χ4n) is 6.22. The molecule has 15 heteroatoms. The van der Waals surface area contributed by atoms with Crippen LogP contribution in [0.1, 0.15) is 121 Å². The van der Waals surface area contributed by atoms with Crippen molar-refractivity contribution in [3.63, 3.8) is 0 Å². The molecule has 0 radical (unpaired) electrons. The number of aromatic nitrogens is 2. The second kappa shape index (κ2) is 25.3. The number of nitrogens with zero attached hydrogens (tertiary/aromatic N) is 2. The molecule has 1 aliphatic rings. The van der Waals surface area contributed by atoms with Crippen LogP contribution in [0, 0.1) is 0 Å². The molecule has 1 fully saturated rings. The minimum Gasteiger partial charge on any atom is -0.387 e. The SMILES string of the molecule is CCCCCCCCCCCCCCCCCCOC[C@@H](COP(=O)(O)OC[C@@]1(CCl)O[C@@H](n2ccc(N)nc2=O)[C@H](F)[C@@H]1O)OCc1ccccc1. The molecule has 1 aliphatic heterocycles. The predicted molar refractivity (Wildman–Crippen MR) is 204 cm³/mol. The molecule has 2 aromatic rings. The van der Waals surface area contributed by atoms with Crippen LogP contribution in [0.4, 0.5) is 10.2 Å². The average molecular weight is 790 g/mol. The topological polar surface area (TPSA) is 165 Å². The number of rotatable bonds is 30. The molecule has 2 heterocycles. The molecule has 0 bridgehead atoms. The van der Waals surface area contributed by atoms with Crippen LogP contribution < -0.4 is 11.4 Å². The van der Waals surface area contributed by atoms with Gasteiger partial charge < -0.3 is 29.9 Å². The summed E-state index contributed by atoms with van der Waals surface area (Å²) < 4.78 is 56.8. The standard InChI is InChI=1S/C38H62ClFN3O9P/c1-2-3-4-5-6-7-8-9-10-11-12-13-14-15-16-20-25-48-27-32(49-26-31-21-18-17-19-22-31)28-50-53(46,47)51-30-38(29-39)35(44)34(40)36(52-38)43-24-23-33(41)42-37(43)45/h17-19,21-24,32,34-36,44H,2-16,20,25-30H2,1H3,(H,46,47)(H2,41,42,45)/t32-,34+,35-,36+,38+/m0/s1. The van der Waals surface area contributed by atoms with Crippen LogP contribution in [-0.2, 0) is 34.4 Å². The van der Waals surface area contributed by atoms with E-state index in [-0.39, 0.29) is 25.6 Å². The van der Waals surface area contributed by atoms with Crippen LogP contribution in [0.5, 0.6) is 0 Å². The summed E-state index contributed by atoms with van der Waals surface area (Å²) >= 11 is 6.06. The molecular formula is C38H62ClFN3O9P. The number of benzene rings is 1. The van der Waals surface area contributed by atoms with Crippen LogP contribution in [-0.4, -0.2) is 75.8 Å². The van der Waals surface area contributed by atoms with Gasteiger partial charge in [0.1, 0.15) is 23.6 Å². The lowest BCUT2D eigenvalue weighted by molar-refractivity contribution is -0.115. The molecule has 0 amide bonds. The van der Waals surface area contributed by atoms with Gasteiger partial charge in [0.25, 0.3) is 0 Å². The van der Waals surface area contributed by atoms with Crippen LogP contribution in [0.25, 0.3) is 0 Å². The van der Waals surface area contributed by atoms with E-state index in [0.29, 0.717) is 6.61 Å². The van der Waals surface area contributed by atoms with E-state index in [0.717, 1.165) is 35.6 Å². The summed E-state index contributed by atoms with van der Waals surface area (Å²) in [5.41, 5.74) is 3.53. The normalized spacial score (nSPS) is 21.9. The van der Waals surface area contributed by atoms with E-state index in [4.69, 9.17) is 40.6 Å². The fourth-order valence-corrected chi connectivity index (χ4v) is 7.33. The summed E-state index contributed by atoms with van der Waals surface area (Å²) in [7, 11) is -4.79. The number of phosphoric acid groups is 1. The lowest BCUT2D eigenvalue weighted by atomic mass is 9.99. The molecule has 0 spiro atoms. The molecule has 6 atom stereocenters. The van der Waals surface area contributed by atoms with Gasteiger partial charge in [-0.05, 0) is 18.1 Å². The van der Waals surface area contributed by atoms with Gasteiger partial charge in [0.15, 0.2) is 12.4 Å². The smallest absolute Gasteiger partial charge is 0.387 e. The number of alkyl halides is 2. The first-order valence-corrected chi connectivity index (χ1v) is 21.4. The van der Waals surface area contributed by atoms with Crippen LogP contribution in [0.3, 0.4) is 0 Å². The predicted octanol–water partition coefficient (Wildman–Crippen LogP) is 8.03. The van der Waals surface area contributed by atoms with E-state index in [9.17, 15) is 19.4 Å². The minimum atomic E-state index is -4.79. The molecule has 53 heavy (non-hydrogen) atoms. The number of nitrogen functional groups attached to an aromatic ring is 1. The molecule has 1 aromatic carbocycles. The number of hydrogen-bond donors (Lipinski definition) is 3. The van der Waals surface area contributed by atoms with E-state index in [1.54, 1.807) is 0 Å². The highest BCUT2D eigenvalue weighted by atomic mass is 35.5. The Kier molecular flexibility index (Phi) is 21.7. The number of phosphoric ester groups is 1. The van der Waals surface area contributed by atoms with Crippen molar-refractivity contribution >= 4 is 25.2 Å². The van der Waals surface area contributed by atoms with Crippen molar-refractivity contribution in [2.24, 2.45) is 0 Å². The first kappa shape index (κ1) is 45.5. The Morgan fingerprint density at radius 1 is 0.943 bits per heavy atom. The van der Waals surface area contributed by atoms with Gasteiger partial charge in [-0.15, -0.1) is 11.6 Å². The van der Waals surface area contributed by atoms with Crippen molar-refractivity contribution in [2.75, 3.05) is 38.0 Å². The largest absolute Gasteiger partial charge is 0.472 e. The second-order valence-electron chi connectivity index (χ2n) is 14.0. The summed E-state index contributed by atoms with van der Waals surface area (Å²) in [6.45, 7) is 1.95. The van der Waals surface area contributed by atoms with Gasteiger partial charge in [0.05, 0.1) is 32.3 Å². The van der Waals surface area contributed by atoms with Crippen LogP contribution in [0.15, 0.2) is 47.4 Å². The first-order valence-electron chi connectivity index (χ1n) is 19.4. The molecular weight excluding hydrogens is 728 g/mol. The number of nitrogens with two attached hydrogens (primary N) is 1. The number of aliphatic hydroxyl groups excluding tert-OH is 1. The highest BCUT2D eigenvalue weighted by Crippen LogP contribution is 2.47. The van der Waals surface area contributed by atoms with Crippen molar-refractivity contribution in [3.05, 3.63) is 58.6 Å².